The molecule has 0 aliphatic carbocycles. The van der Waals surface area contributed by atoms with Crippen molar-refractivity contribution in [1.29, 1.82) is 0 Å². The van der Waals surface area contributed by atoms with Crippen LogP contribution in [0.4, 0.5) is 13.2 Å². The van der Waals surface area contributed by atoms with Crippen molar-refractivity contribution in [2.75, 3.05) is 0 Å². The Bertz CT molecular complexity index is 136. The molecule has 1 N–H and O–H groups in total. The molecule has 3 nitrogen and oxygen atoms in total. The molecule has 8 heteroatoms. The summed E-state index contributed by atoms with van der Waals surface area (Å²) in [5.41, 5.74) is 0. The summed E-state index contributed by atoms with van der Waals surface area (Å²) in [5.74, 6) is 0. The molecule has 0 heterocycles. The van der Waals surface area contributed by atoms with Crippen LogP contribution in [0.25, 0.3) is 0 Å². The smallest absolute Gasteiger partial charge is 0.312 e. The van der Waals surface area contributed by atoms with Gasteiger partial charge in [-0.1, -0.05) is 0 Å². The molecule has 56 valence electrons. The van der Waals surface area contributed by atoms with Crippen molar-refractivity contribution >= 4 is 18.2 Å². The molecule has 0 saturated heterocycles. The van der Waals surface area contributed by atoms with E-state index in [1.165, 1.54) is 0 Å². The van der Waals surface area contributed by atoms with Crippen molar-refractivity contribution in [3.05, 3.63) is 0 Å². The third kappa shape index (κ3) is 8.23. The Balaban J connectivity index is 3.90. The summed E-state index contributed by atoms with van der Waals surface area (Å²) in [6.45, 7) is -4.94. The summed E-state index contributed by atoms with van der Waals surface area (Å²) in [7, 11) is 0. The van der Waals surface area contributed by atoms with Crippen LogP contribution in [0.1, 0.15) is 0 Å². The van der Waals surface area contributed by atoms with E-state index in [0.717, 1.165) is 0 Å². The Kier molecular flexibility index (Phi) is 2.52. The molecule has 0 aromatic rings. The summed E-state index contributed by atoms with van der Waals surface area (Å²) in [5, 5.41) is 0. The van der Waals surface area contributed by atoms with Crippen molar-refractivity contribution in [1.82, 2.24) is 0 Å². The van der Waals surface area contributed by atoms with E-state index in [1.54, 1.807) is 0 Å². The molecule has 0 aromatic carbocycles. The van der Waals surface area contributed by atoms with Crippen LogP contribution >= 0.6 is 18.2 Å². The Labute approximate surface area is 52.7 Å². The molecular weight excluding hydrogens is 183 g/mol. The summed E-state index contributed by atoms with van der Waals surface area (Å²) >= 11 is 4.19. The standard InChI is InChI=1S/CHClF3O3P/c2-9(6,7)8-1(3,4)5/h(H,6,7). The minimum Gasteiger partial charge on any atom is -0.312 e. The molecule has 0 amide bonds. The second-order valence-corrected chi connectivity index (χ2v) is 3.36. The zero-order valence-electron chi connectivity index (χ0n) is 3.72. The largest absolute Gasteiger partial charge is 0.530 e. The number of rotatable bonds is 1. The first-order valence-electron chi connectivity index (χ1n) is 1.51. The highest BCUT2D eigenvalue weighted by Gasteiger charge is 2.38. The second-order valence-electron chi connectivity index (χ2n) is 0.988. The zero-order valence-corrected chi connectivity index (χ0v) is 5.37. The van der Waals surface area contributed by atoms with Gasteiger partial charge in [-0.05, 0) is 0 Å². The molecule has 1 atom stereocenters. The van der Waals surface area contributed by atoms with Gasteiger partial charge in [0.25, 0.3) is 0 Å². The van der Waals surface area contributed by atoms with E-state index in [2.05, 4.69) is 15.8 Å². The van der Waals surface area contributed by atoms with Crippen LogP contribution in [-0.4, -0.2) is 11.3 Å². The number of hydrogen-bond donors (Lipinski definition) is 1. The van der Waals surface area contributed by atoms with Gasteiger partial charge in [0.2, 0.25) is 0 Å². The van der Waals surface area contributed by atoms with Gasteiger partial charge >= 0.3 is 13.3 Å². The Morgan fingerprint density at radius 1 is 1.56 bits per heavy atom. The van der Waals surface area contributed by atoms with Crippen LogP contribution in [0, 0.1) is 0 Å². The normalized spacial score (nSPS) is 19.2. The van der Waals surface area contributed by atoms with Crippen LogP contribution in [-0.2, 0) is 9.09 Å². The van der Waals surface area contributed by atoms with Gasteiger partial charge < -0.3 is 4.89 Å². The van der Waals surface area contributed by atoms with Crippen LogP contribution < -0.4 is 0 Å². The van der Waals surface area contributed by atoms with Gasteiger partial charge in [-0.3, -0.25) is 0 Å². The molecule has 0 radical (unpaired) electrons. The molecule has 1 unspecified atom stereocenters. The van der Waals surface area contributed by atoms with E-state index in [1.807, 2.05) is 0 Å². The maximum absolute atomic E-state index is 10.9. The molecule has 9 heavy (non-hydrogen) atoms. The van der Waals surface area contributed by atoms with Crippen LogP contribution in [0.5, 0.6) is 0 Å². The fraction of sp³-hybridized carbons (Fsp3) is 1.00. The lowest BCUT2D eigenvalue weighted by atomic mass is 11.4. The molecule has 0 aromatic heterocycles. The predicted octanol–water partition coefficient (Wildman–Crippen LogP) is 1.86. The highest BCUT2D eigenvalue weighted by molar-refractivity contribution is 7.80. The molecule has 0 aliphatic heterocycles. The first kappa shape index (κ1) is 9.23. The van der Waals surface area contributed by atoms with Gasteiger partial charge in [-0.25, -0.2) is 9.09 Å². The number of alkyl halides is 3. The van der Waals surface area contributed by atoms with E-state index < -0.39 is 13.3 Å². The molecular formula is CHClF3O3P. The number of hydrogen-bond acceptors (Lipinski definition) is 2. The number of halogens is 4. The fourth-order valence-electron chi connectivity index (χ4n) is 0.128. The summed E-state index contributed by atoms with van der Waals surface area (Å²) in [6, 6.07) is 0. The van der Waals surface area contributed by atoms with Gasteiger partial charge in [0.15, 0.2) is 0 Å². The highest BCUT2D eigenvalue weighted by Crippen LogP contribution is 2.52. The average Bonchev–Trinajstić information content (AvgIpc) is 1.14. The van der Waals surface area contributed by atoms with Gasteiger partial charge in [-0.15, -0.1) is 13.2 Å². The fourth-order valence-corrected chi connectivity index (χ4v) is 0.618. The van der Waals surface area contributed by atoms with Gasteiger partial charge in [0.05, 0.1) is 0 Å². The lowest BCUT2D eigenvalue weighted by molar-refractivity contribution is -0.276. The SMILES string of the molecule is O=P(O)(Cl)OC(F)(F)F. The monoisotopic (exact) mass is 184 g/mol. The summed E-state index contributed by atoms with van der Waals surface area (Å²) in [4.78, 5) is 7.73. The minimum absolute atomic E-state index is 2.50. The highest BCUT2D eigenvalue weighted by atomic mass is 35.7. The topological polar surface area (TPSA) is 46.5 Å². The third-order valence-corrected chi connectivity index (χ3v) is 0.855. The average molecular weight is 184 g/mol. The predicted molar refractivity (Wildman–Crippen MR) is 22.8 cm³/mol. The van der Waals surface area contributed by atoms with E-state index >= 15 is 0 Å². The van der Waals surface area contributed by atoms with E-state index in [0.29, 0.717) is 0 Å². The lowest BCUT2D eigenvalue weighted by Crippen LogP contribution is -2.09. The molecule has 0 aliphatic rings. The third-order valence-electron chi connectivity index (χ3n) is 0.216. The van der Waals surface area contributed by atoms with Crippen LogP contribution in [0.3, 0.4) is 0 Å². The van der Waals surface area contributed by atoms with Crippen molar-refractivity contribution < 1.29 is 27.2 Å². The first-order valence-corrected chi connectivity index (χ1v) is 3.99. The Morgan fingerprint density at radius 3 is 1.89 bits per heavy atom. The second kappa shape index (κ2) is 2.46. The van der Waals surface area contributed by atoms with Crippen molar-refractivity contribution in [2.45, 2.75) is 6.36 Å². The van der Waals surface area contributed by atoms with Gasteiger partial charge in [0, 0.05) is 11.2 Å². The molecule has 0 spiro atoms. The zero-order chi connectivity index (χ0) is 7.71. The Hall–Kier alpha value is 0.230. The minimum atomic E-state index is -5.16. The van der Waals surface area contributed by atoms with E-state index in [-0.39, 0.29) is 0 Å². The van der Waals surface area contributed by atoms with Gasteiger partial charge in [0.1, 0.15) is 0 Å². The molecule has 0 fully saturated rings. The van der Waals surface area contributed by atoms with Crippen molar-refractivity contribution in [3.8, 4) is 0 Å². The maximum atomic E-state index is 10.9. The molecule has 0 rings (SSSR count). The van der Waals surface area contributed by atoms with E-state index in [9.17, 15) is 17.7 Å². The van der Waals surface area contributed by atoms with Crippen LogP contribution in [0.2, 0.25) is 0 Å². The summed E-state index contributed by atoms with van der Waals surface area (Å²) < 4.78 is 44.8. The van der Waals surface area contributed by atoms with Crippen molar-refractivity contribution in [3.63, 3.8) is 0 Å². The first-order chi connectivity index (χ1) is 3.71. The molecule has 0 bridgehead atoms. The lowest BCUT2D eigenvalue weighted by Gasteiger charge is -2.05. The Morgan fingerprint density at radius 2 is 1.89 bits per heavy atom. The summed E-state index contributed by atoms with van der Waals surface area (Å²) in [6.07, 6.45) is -5.16. The van der Waals surface area contributed by atoms with Crippen molar-refractivity contribution in [2.24, 2.45) is 0 Å². The van der Waals surface area contributed by atoms with E-state index in [4.69, 9.17) is 4.89 Å². The van der Waals surface area contributed by atoms with Crippen LogP contribution in [0.15, 0.2) is 0 Å². The molecule has 0 saturated carbocycles. The quantitative estimate of drug-likeness (QED) is 0.633. The van der Waals surface area contributed by atoms with Gasteiger partial charge in [-0.2, -0.15) is 0 Å². The maximum Gasteiger partial charge on any atom is 0.530 e.